The van der Waals surface area contributed by atoms with Crippen LogP contribution in [0.2, 0.25) is 0 Å². The third kappa shape index (κ3) is 6.07. The van der Waals surface area contributed by atoms with Gasteiger partial charge in [-0.2, -0.15) is 0 Å². The third-order valence-corrected chi connectivity index (χ3v) is 5.81. The van der Waals surface area contributed by atoms with Crippen molar-refractivity contribution in [2.75, 3.05) is 10.6 Å². The first kappa shape index (κ1) is 21.4. The van der Waals surface area contributed by atoms with E-state index < -0.39 is 0 Å². The predicted octanol–water partition coefficient (Wildman–Crippen LogP) is 5.84. The van der Waals surface area contributed by atoms with Crippen molar-refractivity contribution < 1.29 is 9.53 Å². The number of para-hydroxylation sites is 1. The van der Waals surface area contributed by atoms with E-state index in [4.69, 9.17) is 4.74 Å². The molecule has 0 heterocycles. The summed E-state index contributed by atoms with van der Waals surface area (Å²) < 4.78 is 6.15. The maximum absolute atomic E-state index is 12.7. The lowest BCUT2D eigenvalue weighted by atomic mass is 9.89. The van der Waals surface area contributed by atoms with Gasteiger partial charge in [0.2, 0.25) is 5.91 Å². The molecule has 4 heteroatoms. The normalized spacial score (nSPS) is 20.1. The monoisotopic (exact) mass is 394 g/mol. The smallest absolute Gasteiger partial charge is 0.246 e. The van der Waals surface area contributed by atoms with Crippen molar-refractivity contribution in [2.24, 2.45) is 5.92 Å². The van der Waals surface area contributed by atoms with Crippen LogP contribution in [-0.4, -0.2) is 18.1 Å². The minimum absolute atomic E-state index is 0.0414. The molecule has 1 fully saturated rings. The van der Waals surface area contributed by atoms with Crippen LogP contribution in [0.1, 0.15) is 56.2 Å². The Morgan fingerprint density at radius 1 is 1.14 bits per heavy atom. The number of nitrogens with one attached hydrogen (secondary N) is 2. The fraction of sp³-hybridized carbons (Fsp3) is 0.480. The van der Waals surface area contributed by atoms with Crippen molar-refractivity contribution in [1.82, 2.24) is 0 Å². The third-order valence-electron chi connectivity index (χ3n) is 5.81. The number of carbonyl (C=O) groups is 1. The van der Waals surface area contributed by atoms with E-state index in [1.807, 2.05) is 51.1 Å². The Kier molecular flexibility index (Phi) is 7.32. The Morgan fingerprint density at radius 2 is 1.86 bits per heavy atom. The van der Waals surface area contributed by atoms with Gasteiger partial charge >= 0.3 is 0 Å². The van der Waals surface area contributed by atoms with Crippen LogP contribution in [0.5, 0.6) is 0 Å². The first-order chi connectivity index (χ1) is 13.9. The van der Waals surface area contributed by atoms with Gasteiger partial charge in [0.1, 0.15) is 6.04 Å². The number of amides is 1. The molecule has 0 radical (unpaired) electrons. The SMILES string of the molecule is Cc1cccc(C)c1NC(=O)C(C)Nc1cccc(COC2CCCC(C)C2)c1. The fourth-order valence-corrected chi connectivity index (χ4v) is 4.05. The lowest BCUT2D eigenvalue weighted by Gasteiger charge is -2.26. The highest BCUT2D eigenvalue weighted by molar-refractivity contribution is 5.97. The van der Waals surface area contributed by atoms with E-state index in [1.54, 1.807) is 0 Å². The van der Waals surface area contributed by atoms with Crippen molar-refractivity contribution in [2.45, 2.75) is 72.1 Å². The van der Waals surface area contributed by atoms with E-state index in [9.17, 15) is 4.79 Å². The second kappa shape index (κ2) is 9.93. The van der Waals surface area contributed by atoms with Crippen LogP contribution in [-0.2, 0) is 16.1 Å². The van der Waals surface area contributed by atoms with Crippen LogP contribution in [0.4, 0.5) is 11.4 Å². The van der Waals surface area contributed by atoms with Crippen LogP contribution >= 0.6 is 0 Å². The molecule has 156 valence electrons. The molecule has 3 unspecified atom stereocenters. The zero-order chi connectivity index (χ0) is 20.8. The number of rotatable bonds is 7. The zero-order valence-electron chi connectivity index (χ0n) is 18.1. The van der Waals surface area contributed by atoms with Crippen molar-refractivity contribution in [3.63, 3.8) is 0 Å². The van der Waals surface area contributed by atoms with E-state index in [0.29, 0.717) is 12.7 Å². The number of hydrogen-bond donors (Lipinski definition) is 2. The maximum Gasteiger partial charge on any atom is 0.246 e. The standard InChI is InChI=1S/C25H34N2O2/c1-17-8-5-13-23(14-17)29-16-21-11-7-12-22(15-21)26-20(4)25(28)27-24-18(2)9-6-10-19(24)3/h6-7,9-12,15,17,20,23,26H,5,8,13-14,16H2,1-4H3,(H,27,28). The molecule has 2 aromatic rings. The minimum Gasteiger partial charge on any atom is -0.374 e. The molecule has 0 aromatic heterocycles. The van der Waals surface area contributed by atoms with Gasteiger partial charge in [-0.15, -0.1) is 0 Å². The van der Waals surface area contributed by atoms with Crippen LogP contribution in [0.3, 0.4) is 0 Å². The van der Waals surface area contributed by atoms with E-state index in [1.165, 1.54) is 12.8 Å². The van der Waals surface area contributed by atoms with Gasteiger partial charge in [-0.25, -0.2) is 0 Å². The quantitative estimate of drug-likeness (QED) is 0.620. The van der Waals surface area contributed by atoms with Gasteiger partial charge in [0, 0.05) is 11.4 Å². The minimum atomic E-state index is -0.343. The summed E-state index contributed by atoms with van der Waals surface area (Å²) in [5.41, 5.74) is 5.11. The van der Waals surface area contributed by atoms with Gasteiger partial charge in [-0.05, 0) is 68.4 Å². The van der Waals surface area contributed by atoms with Gasteiger partial charge in [-0.1, -0.05) is 50.1 Å². The van der Waals surface area contributed by atoms with Gasteiger partial charge in [-0.3, -0.25) is 4.79 Å². The van der Waals surface area contributed by atoms with Gasteiger partial charge in [0.05, 0.1) is 12.7 Å². The molecule has 1 aliphatic carbocycles. The van der Waals surface area contributed by atoms with E-state index >= 15 is 0 Å². The molecule has 0 saturated heterocycles. The number of benzene rings is 2. The number of carbonyl (C=O) groups excluding carboxylic acids is 1. The summed E-state index contributed by atoms with van der Waals surface area (Å²) >= 11 is 0. The van der Waals surface area contributed by atoms with Crippen molar-refractivity contribution in [3.8, 4) is 0 Å². The zero-order valence-corrected chi connectivity index (χ0v) is 18.1. The van der Waals surface area contributed by atoms with Gasteiger partial charge in [0.15, 0.2) is 0 Å². The lowest BCUT2D eigenvalue weighted by Crippen LogP contribution is -2.32. The fourth-order valence-electron chi connectivity index (χ4n) is 4.05. The molecule has 0 aliphatic heterocycles. The molecule has 2 N–H and O–H groups in total. The molecule has 1 saturated carbocycles. The first-order valence-electron chi connectivity index (χ1n) is 10.8. The molecule has 0 bridgehead atoms. The molecular weight excluding hydrogens is 360 g/mol. The summed E-state index contributed by atoms with van der Waals surface area (Å²) in [5.74, 6) is 0.721. The second-order valence-corrected chi connectivity index (χ2v) is 8.53. The summed E-state index contributed by atoms with van der Waals surface area (Å²) in [6.45, 7) is 8.84. The van der Waals surface area contributed by atoms with Crippen LogP contribution in [0.25, 0.3) is 0 Å². The molecule has 29 heavy (non-hydrogen) atoms. The van der Waals surface area contributed by atoms with Gasteiger partial charge < -0.3 is 15.4 Å². The van der Waals surface area contributed by atoms with Crippen molar-refractivity contribution in [3.05, 3.63) is 59.2 Å². The molecule has 0 spiro atoms. The topological polar surface area (TPSA) is 50.4 Å². The summed E-state index contributed by atoms with van der Waals surface area (Å²) in [7, 11) is 0. The molecule has 3 rings (SSSR count). The Hall–Kier alpha value is -2.33. The Labute approximate surface area is 175 Å². The molecule has 2 aromatic carbocycles. The summed E-state index contributed by atoms with van der Waals surface area (Å²) in [6, 6.07) is 13.9. The summed E-state index contributed by atoms with van der Waals surface area (Å²) in [4.78, 5) is 12.7. The highest BCUT2D eigenvalue weighted by atomic mass is 16.5. The Bertz CT molecular complexity index is 813. The Balaban J connectivity index is 1.55. The van der Waals surface area contributed by atoms with E-state index in [0.717, 1.165) is 46.8 Å². The van der Waals surface area contributed by atoms with Crippen LogP contribution < -0.4 is 10.6 Å². The number of ether oxygens (including phenoxy) is 1. The average Bonchev–Trinajstić information content (AvgIpc) is 2.69. The summed E-state index contributed by atoms with van der Waals surface area (Å²) in [6.07, 6.45) is 5.28. The van der Waals surface area contributed by atoms with Crippen molar-refractivity contribution >= 4 is 17.3 Å². The molecule has 3 atom stereocenters. The predicted molar refractivity (Wildman–Crippen MR) is 120 cm³/mol. The number of anilines is 2. The molecular formula is C25H34N2O2. The van der Waals surface area contributed by atoms with Crippen LogP contribution in [0.15, 0.2) is 42.5 Å². The lowest BCUT2D eigenvalue weighted by molar-refractivity contribution is -0.116. The number of aryl methyl sites for hydroxylation is 2. The van der Waals surface area contributed by atoms with Crippen molar-refractivity contribution in [1.29, 1.82) is 0 Å². The highest BCUT2D eigenvalue weighted by Gasteiger charge is 2.19. The Morgan fingerprint density at radius 3 is 2.59 bits per heavy atom. The van der Waals surface area contributed by atoms with Gasteiger partial charge in [0.25, 0.3) is 0 Å². The molecule has 1 aliphatic rings. The first-order valence-corrected chi connectivity index (χ1v) is 10.8. The summed E-state index contributed by atoms with van der Waals surface area (Å²) in [5, 5.41) is 6.38. The molecule has 1 amide bonds. The molecule has 4 nitrogen and oxygen atoms in total. The second-order valence-electron chi connectivity index (χ2n) is 8.53. The maximum atomic E-state index is 12.7. The average molecular weight is 395 g/mol. The van der Waals surface area contributed by atoms with E-state index in [-0.39, 0.29) is 11.9 Å². The highest BCUT2D eigenvalue weighted by Crippen LogP contribution is 2.26. The van der Waals surface area contributed by atoms with E-state index in [2.05, 4.69) is 29.7 Å². The van der Waals surface area contributed by atoms with Crippen LogP contribution in [0, 0.1) is 19.8 Å². The number of hydrogen-bond acceptors (Lipinski definition) is 3. The largest absolute Gasteiger partial charge is 0.374 e.